The van der Waals surface area contributed by atoms with Crippen molar-refractivity contribution >= 4 is 11.7 Å². The van der Waals surface area contributed by atoms with E-state index in [4.69, 9.17) is 4.74 Å². The first-order chi connectivity index (χ1) is 8.58. The van der Waals surface area contributed by atoms with E-state index in [1.165, 1.54) is 24.3 Å². The molecule has 0 aliphatic heterocycles. The van der Waals surface area contributed by atoms with E-state index in [1.807, 2.05) is 13.8 Å². The molecule has 0 aromatic heterocycles. The van der Waals surface area contributed by atoms with Gasteiger partial charge in [-0.3, -0.25) is 10.1 Å². The standard InChI is InChI=1S/C13H17NO4/c1-3-5-12(4-2)18-13(15)10-6-8-11(9-7-10)14(16)17/h6-9,12H,3-5H2,1-2H3. The molecular weight excluding hydrogens is 234 g/mol. The van der Waals surface area contributed by atoms with E-state index in [-0.39, 0.29) is 11.8 Å². The summed E-state index contributed by atoms with van der Waals surface area (Å²) in [6.07, 6.45) is 2.46. The number of nitro groups is 1. The maximum Gasteiger partial charge on any atom is 0.338 e. The predicted octanol–water partition coefficient (Wildman–Crippen LogP) is 3.33. The van der Waals surface area contributed by atoms with Crippen LogP contribution in [0.15, 0.2) is 24.3 Å². The molecule has 5 nitrogen and oxygen atoms in total. The van der Waals surface area contributed by atoms with Crippen molar-refractivity contribution < 1.29 is 14.5 Å². The summed E-state index contributed by atoms with van der Waals surface area (Å²) in [5.41, 5.74) is 0.308. The van der Waals surface area contributed by atoms with E-state index in [2.05, 4.69) is 0 Å². The molecule has 0 amide bonds. The molecule has 1 aromatic rings. The van der Waals surface area contributed by atoms with Gasteiger partial charge in [-0.05, 0) is 25.0 Å². The molecule has 0 saturated carbocycles. The van der Waals surface area contributed by atoms with E-state index in [0.717, 1.165) is 19.3 Å². The zero-order chi connectivity index (χ0) is 13.5. The van der Waals surface area contributed by atoms with Crippen LogP contribution < -0.4 is 0 Å². The number of nitro benzene ring substituents is 1. The first-order valence-electron chi connectivity index (χ1n) is 6.03. The molecule has 0 radical (unpaired) electrons. The lowest BCUT2D eigenvalue weighted by molar-refractivity contribution is -0.384. The summed E-state index contributed by atoms with van der Waals surface area (Å²) in [5.74, 6) is -0.426. The number of non-ortho nitro benzene ring substituents is 1. The Kier molecular flexibility index (Phi) is 5.30. The molecule has 5 heteroatoms. The van der Waals surface area contributed by atoms with Gasteiger partial charge in [-0.25, -0.2) is 4.79 Å². The van der Waals surface area contributed by atoms with Gasteiger partial charge in [-0.1, -0.05) is 20.3 Å². The first-order valence-corrected chi connectivity index (χ1v) is 6.03. The number of carbonyl (C=O) groups excluding carboxylic acids is 1. The van der Waals surface area contributed by atoms with Crippen LogP contribution in [0.4, 0.5) is 5.69 Å². The van der Waals surface area contributed by atoms with Crippen LogP contribution in [-0.2, 0) is 4.74 Å². The van der Waals surface area contributed by atoms with Gasteiger partial charge >= 0.3 is 5.97 Å². The molecule has 0 aliphatic carbocycles. The van der Waals surface area contributed by atoms with Gasteiger partial charge in [-0.15, -0.1) is 0 Å². The highest BCUT2D eigenvalue weighted by Gasteiger charge is 2.14. The minimum absolute atomic E-state index is 0.0350. The highest BCUT2D eigenvalue weighted by molar-refractivity contribution is 5.89. The summed E-state index contributed by atoms with van der Waals surface area (Å²) < 4.78 is 5.32. The quantitative estimate of drug-likeness (QED) is 0.441. The number of nitrogens with zero attached hydrogens (tertiary/aromatic N) is 1. The fraction of sp³-hybridized carbons (Fsp3) is 0.462. The van der Waals surface area contributed by atoms with Crippen molar-refractivity contribution in [3.63, 3.8) is 0 Å². The Morgan fingerprint density at radius 1 is 1.33 bits per heavy atom. The molecule has 1 unspecified atom stereocenters. The van der Waals surface area contributed by atoms with Crippen LogP contribution in [0, 0.1) is 10.1 Å². The van der Waals surface area contributed by atoms with E-state index in [9.17, 15) is 14.9 Å². The summed E-state index contributed by atoms with van der Waals surface area (Å²) in [4.78, 5) is 21.8. The highest BCUT2D eigenvalue weighted by atomic mass is 16.6. The van der Waals surface area contributed by atoms with Gasteiger partial charge in [0, 0.05) is 12.1 Å². The Morgan fingerprint density at radius 2 is 1.94 bits per heavy atom. The smallest absolute Gasteiger partial charge is 0.338 e. The Balaban J connectivity index is 2.69. The van der Waals surface area contributed by atoms with Crippen molar-refractivity contribution in [1.82, 2.24) is 0 Å². The predicted molar refractivity (Wildman–Crippen MR) is 67.5 cm³/mol. The van der Waals surface area contributed by atoms with Crippen molar-refractivity contribution in [3.8, 4) is 0 Å². The van der Waals surface area contributed by atoms with Crippen LogP contribution in [0.2, 0.25) is 0 Å². The van der Waals surface area contributed by atoms with Crippen molar-refractivity contribution in [1.29, 1.82) is 0 Å². The molecule has 0 heterocycles. The number of esters is 1. The zero-order valence-electron chi connectivity index (χ0n) is 10.6. The lowest BCUT2D eigenvalue weighted by atomic mass is 10.1. The van der Waals surface area contributed by atoms with Crippen LogP contribution in [-0.4, -0.2) is 17.0 Å². The lowest BCUT2D eigenvalue weighted by Gasteiger charge is -2.15. The molecule has 18 heavy (non-hydrogen) atoms. The molecule has 0 N–H and O–H groups in total. The topological polar surface area (TPSA) is 69.4 Å². The largest absolute Gasteiger partial charge is 0.459 e. The number of hydrogen-bond donors (Lipinski definition) is 0. The second kappa shape index (κ2) is 6.74. The Hall–Kier alpha value is -1.91. The van der Waals surface area contributed by atoms with Crippen LogP contribution in [0.1, 0.15) is 43.5 Å². The number of benzene rings is 1. The first kappa shape index (κ1) is 14.2. The molecule has 0 fully saturated rings. The monoisotopic (exact) mass is 251 g/mol. The fourth-order valence-electron chi connectivity index (χ4n) is 1.61. The molecule has 1 atom stereocenters. The molecule has 1 rings (SSSR count). The third-order valence-corrected chi connectivity index (χ3v) is 2.65. The summed E-state index contributed by atoms with van der Waals surface area (Å²) >= 11 is 0. The molecule has 0 bridgehead atoms. The van der Waals surface area contributed by atoms with Crippen molar-refractivity contribution in [3.05, 3.63) is 39.9 Å². The summed E-state index contributed by atoms with van der Waals surface area (Å²) in [6, 6.07) is 5.44. The number of carbonyl (C=O) groups is 1. The third kappa shape index (κ3) is 3.84. The minimum Gasteiger partial charge on any atom is -0.459 e. The van der Waals surface area contributed by atoms with E-state index in [0.29, 0.717) is 5.56 Å². The summed E-state index contributed by atoms with van der Waals surface area (Å²) in [6.45, 7) is 3.99. The van der Waals surface area contributed by atoms with Gasteiger partial charge < -0.3 is 4.74 Å². The Labute approximate surface area is 106 Å². The van der Waals surface area contributed by atoms with Gasteiger partial charge in [-0.2, -0.15) is 0 Å². The van der Waals surface area contributed by atoms with Crippen LogP contribution in [0.3, 0.4) is 0 Å². The van der Waals surface area contributed by atoms with Crippen LogP contribution in [0.25, 0.3) is 0 Å². The lowest BCUT2D eigenvalue weighted by Crippen LogP contribution is -2.17. The average molecular weight is 251 g/mol. The molecule has 1 aromatic carbocycles. The molecule has 0 saturated heterocycles. The van der Waals surface area contributed by atoms with Crippen molar-refractivity contribution in [2.45, 2.75) is 39.2 Å². The van der Waals surface area contributed by atoms with Crippen LogP contribution >= 0.6 is 0 Å². The number of hydrogen-bond acceptors (Lipinski definition) is 4. The van der Waals surface area contributed by atoms with E-state index < -0.39 is 10.9 Å². The Bertz CT molecular complexity index is 414. The average Bonchev–Trinajstić information content (AvgIpc) is 2.38. The number of ether oxygens (including phenoxy) is 1. The van der Waals surface area contributed by atoms with Crippen LogP contribution in [0.5, 0.6) is 0 Å². The molecular formula is C13H17NO4. The zero-order valence-corrected chi connectivity index (χ0v) is 10.6. The second-order valence-corrected chi connectivity index (χ2v) is 4.03. The maximum absolute atomic E-state index is 11.8. The Morgan fingerprint density at radius 3 is 2.39 bits per heavy atom. The summed E-state index contributed by atoms with van der Waals surface area (Å²) in [5, 5.41) is 10.5. The van der Waals surface area contributed by atoms with E-state index >= 15 is 0 Å². The minimum atomic E-state index is -0.499. The van der Waals surface area contributed by atoms with Gasteiger partial charge in [0.15, 0.2) is 0 Å². The van der Waals surface area contributed by atoms with Gasteiger partial charge in [0.05, 0.1) is 10.5 Å². The summed E-state index contributed by atoms with van der Waals surface area (Å²) in [7, 11) is 0. The normalized spacial score (nSPS) is 11.9. The van der Waals surface area contributed by atoms with E-state index in [1.54, 1.807) is 0 Å². The van der Waals surface area contributed by atoms with Crippen molar-refractivity contribution in [2.75, 3.05) is 0 Å². The highest BCUT2D eigenvalue weighted by Crippen LogP contribution is 2.15. The maximum atomic E-state index is 11.8. The number of rotatable bonds is 6. The van der Waals surface area contributed by atoms with Gasteiger partial charge in [0.1, 0.15) is 6.10 Å². The molecule has 0 aliphatic rings. The van der Waals surface area contributed by atoms with Gasteiger partial charge in [0.2, 0.25) is 0 Å². The molecule has 0 spiro atoms. The third-order valence-electron chi connectivity index (χ3n) is 2.65. The van der Waals surface area contributed by atoms with Crippen molar-refractivity contribution in [2.24, 2.45) is 0 Å². The van der Waals surface area contributed by atoms with Gasteiger partial charge in [0.25, 0.3) is 5.69 Å². The second-order valence-electron chi connectivity index (χ2n) is 4.03. The molecule has 98 valence electrons. The SMILES string of the molecule is CCCC(CC)OC(=O)c1ccc([N+](=O)[O-])cc1. The fourth-order valence-corrected chi connectivity index (χ4v) is 1.61.